The van der Waals surface area contributed by atoms with Crippen molar-refractivity contribution < 1.29 is 9.53 Å². The molecule has 20 heavy (non-hydrogen) atoms. The van der Waals surface area contributed by atoms with Crippen molar-refractivity contribution in [3.05, 3.63) is 39.5 Å². The summed E-state index contributed by atoms with van der Waals surface area (Å²) in [5.41, 5.74) is 1.55. The Morgan fingerprint density at radius 1 is 1.40 bits per heavy atom. The van der Waals surface area contributed by atoms with Crippen molar-refractivity contribution in [3.8, 4) is 5.75 Å². The molecule has 0 saturated carbocycles. The summed E-state index contributed by atoms with van der Waals surface area (Å²) < 4.78 is 5.30. The summed E-state index contributed by atoms with van der Waals surface area (Å²) in [7, 11) is 1.61. The fraction of sp³-hybridized carbons (Fsp3) is 0.214. The average molecular weight is 311 g/mol. The topological polar surface area (TPSA) is 50.4 Å². The molecule has 1 heterocycles. The number of methoxy groups -OCH3 is 1. The molecule has 0 aliphatic carbocycles. The summed E-state index contributed by atoms with van der Waals surface area (Å²) >= 11 is 7.49. The summed E-state index contributed by atoms with van der Waals surface area (Å²) in [5.74, 6) is 0.618. The third kappa shape index (κ3) is 3.88. The molecule has 0 unspecified atom stereocenters. The molecule has 1 amide bonds. The molecule has 106 valence electrons. The number of carbonyl (C=O) groups excluding carboxylic acids is 1. The number of halogens is 1. The second-order valence-electron chi connectivity index (χ2n) is 4.18. The zero-order valence-corrected chi connectivity index (χ0v) is 12.8. The van der Waals surface area contributed by atoms with Gasteiger partial charge in [-0.25, -0.2) is 0 Å². The number of anilines is 2. The number of hydrogen-bond donors (Lipinski definition) is 2. The third-order valence-electron chi connectivity index (χ3n) is 2.59. The Kier molecular flexibility index (Phi) is 4.87. The Morgan fingerprint density at radius 3 is 2.80 bits per heavy atom. The minimum Gasteiger partial charge on any atom is -0.495 e. The summed E-state index contributed by atoms with van der Waals surface area (Å²) in [6.45, 7) is 2.13. The number of amides is 1. The van der Waals surface area contributed by atoms with Crippen molar-refractivity contribution in [2.75, 3.05) is 17.7 Å². The Morgan fingerprint density at radius 2 is 2.20 bits per heavy atom. The normalized spacial score (nSPS) is 10.2. The van der Waals surface area contributed by atoms with Gasteiger partial charge in [-0.05, 0) is 24.3 Å². The lowest BCUT2D eigenvalue weighted by Crippen LogP contribution is -2.07. The van der Waals surface area contributed by atoms with Crippen LogP contribution in [0.4, 0.5) is 11.4 Å². The molecule has 4 nitrogen and oxygen atoms in total. The highest BCUT2D eigenvalue weighted by atomic mass is 35.5. The van der Waals surface area contributed by atoms with E-state index in [1.54, 1.807) is 24.5 Å². The number of nitrogens with one attached hydrogen (secondary N) is 2. The van der Waals surface area contributed by atoms with E-state index in [2.05, 4.69) is 10.6 Å². The van der Waals surface area contributed by atoms with Crippen molar-refractivity contribution in [1.82, 2.24) is 0 Å². The van der Waals surface area contributed by atoms with E-state index in [0.29, 0.717) is 6.54 Å². The minimum atomic E-state index is -0.105. The summed E-state index contributed by atoms with van der Waals surface area (Å²) in [6.07, 6.45) is 0. The molecule has 0 fully saturated rings. The van der Waals surface area contributed by atoms with Crippen LogP contribution in [-0.2, 0) is 11.3 Å². The van der Waals surface area contributed by atoms with E-state index >= 15 is 0 Å². The first-order valence-corrected chi connectivity index (χ1v) is 7.26. The molecule has 0 bridgehead atoms. The SMILES string of the molecule is COc1ccc(NC(C)=O)cc1NCc1cc(Cl)cs1. The Balaban J connectivity index is 2.13. The predicted octanol–water partition coefficient (Wildman–Crippen LogP) is 3.98. The van der Waals surface area contributed by atoms with Gasteiger partial charge in [0.25, 0.3) is 0 Å². The molecule has 2 rings (SSSR count). The van der Waals surface area contributed by atoms with Gasteiger partial charge in [0.1, 0.15) is 5.75 Å². The monoisotopic (exact) mass is 310 g/mol. The average Bonchev–Trinajstić information content (AvgIpc) is 2.82. The van der Waals surface area contributed by atoms with E-state index in [9.17, 15) is 4.79 Å². The molecule has 1 aromatic heterocycles. The van der Waals surface area contributed by atoms with Gasteiger partial charge in [0.2, 0.25) is 5.91 Å². The zero-order chi connectivity index (χ0) is 14.5. The van der Waals surface area contributed by atoms with E-state index in [1.807, 2.05) is 23.6 Å². The maximum Gasteiger partial charge on any atom is 0.221 e. The van der Waals surface area contributed by atoms with Crippen molar-refractivity contribution in [3.63, 3.8) is 0 Å². The number of carbonyl (C=O) groups is 1. The first-order valence-electron chi connectivity index (χ1n) is 6.01. The molecule has 0 radical (unpaired) electrons. The van der Waals surface area contributed by atoms with Crippen molar-refractivity contribution >= 4 is 40.2 Å². The lowest BCUT2D eigenvalue weighted by Gasteiger charge is -2.12. The smallest absolute Gasteiger partial charge is 0.221 e. The second kappa shape index (κ2) is 6.63. The minimum absolute atomic E-state index is 0.105. The lowest BCUT2D eigenvalue weighted by atomic mass is 10.2. The highest BCUT2D eigenvalue weighted by molar-refractivity contribution is 7.10. The van der Waals surface area contributed by atoms with Gasteiger partial charge in [0.15, 0.2) is 0 Å². The molecular weight excluding hydrogens is 296 g/mol. The van der Waals surface area contributed by atoms with Gasteiger partial charge in [0.05, 0.1) is 17.8 Å². The van der Waals surface area contributed by atoms with Crippen LogP contribution >= 0.6 is 22.9 Å². The van der Waals surface area contributed by atoms with Crippen LogP contribution in [0.2, 0.25) is 5.02 Å². The van der Waals surface area contributed by atoms with Crippen LogP contribution in [0.15, 0.2) is 29.6 Å². The van der Waals surface area contributed by atoms with Crippen LogP contribution in [0.25, 0.3) is 0 Å². The summed E-state index contributed by atoms with van der Waals surface area (Å²) in [4.78, 5) is 12.2. The molecule has 0 aliphatic rings. The van der Waals surface area contributed by atoms with Gasteiger partial charge in [-0.2, -0.15) is 0 Å². The number of thiophene rings is 1. The van der Waals surface area contributed by atoms with Crippen LogP contribution in [0.5, 0.6) is 5.75 Å². The second-order valence-corrected chi connectivity index (χ2v) is 5.61. The molecule has 2 N–H and O–H groups in total. The van der Waals surface area contributed by atoms with E-state index in [1.165, 1.54) is 6.92 Å². The Hall–Kier alpha value is -1.72. The molecular formula is C14H15ClN2O2S. The van der Waals surface area contributed by atoms with E-state index in [0.717, 1.165) is 27.0 Å². The zero-order valence-electron chi connectivity index (χ0n) is 11.2. The van der Waals surface area contributed by atoms with Crippen molar-refractivity contribution in [2.24, 2.45) is 0 Å². The van der Waals surface area contributed by atoms with E-state index < -0.39 is 0 Å². The molecule has 0 atom stereocenters. The highest BCUT2D eigenvalue weighted by Crippen LogP contribution is 2.29. The van der Waals surface area contributed by atoms with Crippen LogP contribution in [0.3, 0.4) is 0 Å². The third-order valence-corrected chi connectivity index (χ3v) is 3.88. The van der Waals surface area contributed by atoms with Crippen molar-refractivity contribution in [2.45, 2.75) is 13.5 Å². The standard InChI is InChI=1S/C14H15ClN2O2S/c1-9(18)17-11-3-4-14(19-2)13(6-11)16-7-12-5-10(15)8-20-12/h3-6,8,16H,7H2,1-2H3,(H,17,18). The quantitative estimate of drug-likeness (QED) is 0.878. The van der Waals surface area contributed by atoms with Gasteiger partial charge in [0, 0.05) is 29.4 Å². The largest absolute Gasteiger partial charge is 0.495 e. The van der Waals surface area contributed by atoms with Gasteiger partial charge < -0.3 is 15.4 Å². The lowest BCUT2D eigenvalue weighted by molar-refractivity contribution is -0.114. The molecule has 6 heteroatoms. The molecule has 0 aliphatic heterocycles. The van der Waals surface area contributed by atoms with Crippen LogP contribution in [0.1, 0.15) is 11.8 Å². The number of rotatable bonds is 5. The predicted molar refractivity (Wildman–Crippen MR) is 84.0 cm³/mol. The summed E-state index contributed by atoms with van der Waals surface area (Å²) in [5, 5.41) is 8.66. The fourth-order valence-electron chi connectivity index (χ4n) is 1.76. The fourth-order valence-corrected chi connectivity index (χ4v) is 2.77. The summed E-state index contributed by atoms with van der Waals surface area (Å²) in [6, 6.07) is 7.38. The van der Waals surface area contributed by atoms with Gasteiger partial charge in [-0.3, -0.25) is 4.79 Å². The number of benzene rings is 1. The van der Waals surface area contributed by atoms with Crippen LogP contribution < -0.4 is 15.4 Å². The number of ether oxygens (including phenoxy) is 1. The highest BCUT2D eigenvalue weighted by Gasteiger charge is 2.06. The number of hydrogen-bond acceptors (Lipinski definition) is 4. The van der Waals surface area contributed by atoms with Crippen molar-refractivity contribution in [1.29, 1.82) is 0 Å². The van der Waals surface area contributed by atoms with Crippen LogP contribution in [-0.4, -0.2) is 13.0 Å². The molecule has 1 aromatic carbocycles. The maximum atomic E-state index is 11.1. The van der Waals surface area contributed by atoms with Gasteiger partial charge >= 0.3 is 0 Å². The Labute approximate surface area is 126 Å². The van der Waals surface area contributed by atoms with E-state index in [-0.39, 0.29) is 5.91 Å². The van der Waals surface area contributed by atoms with E-state index in [4.69, 9.17) is 16.3 Å². The molecule has 0 saturated heterocycles. The van der Waals surface area contributed by atoms with Gasteiger partial charge in [-0.1, -0.05) is 11.6 Å². The maximum absolute atomic E-state index is 11.1. The van der Waals surface area contributed by atoms with Gasteiger partial charge in [-0.15, -0.1) is 11.3 Å². The molecule has 0 spiro atoms. The van der Waals surface area contributed by atoms with Crippen LogP contribution in [0, 0.1) is 0 Å². The molecule has 2 aromatic rings. The Bertz CT molecular complexity index is 613. The first-order chi connectivity index (χ1) is 9.58. The first kappa shape index (κ1) is 14.7.